The quantitative estimate of drug-likeness (QED) is 0.433. The molecule has 144 valence electrons. The minimum atomic E-state index is -0.182. The van der Waals surface area contributed by atoms with Crippen molar-refractivity contribution >= 4 is 22.0 Å². The number of rotatable bonds is 6. The third-order valence-corrected chi connectivity index (χ3v) is 7.67. The molecular formula is C24H34BrF. The summed E-state index contributed by atoms with van der Waals surface area (Å²) in [5.74, 6) is 3.80. The van der Waals surface area contributed by atoms with Crippen LogP contribution in [0.15, 0.2) is 28.7 Å². The van der Waals surface area contributed by atoms with Crippen molar-refractivity contribution in [2.24, 2.45) is 23.7 Å². The maximum atomic E-state index is 13.5. The summed E-state index contributed by atoms with van der Waals surface area (Å²) >= 11 is 3.20. The second-order valence-electron chi connectivity index (χ2n) is 8.62. The van der Waals surface area contributed by atoms with Gasteiger partial charge in [0.1, 0.15) is 5.82 Å². The molecule has 0 saturated heterocycles. The Morgan fingerprint density at radius 2 is 1.58 bits per heavy atom. The predicted molar refractivity (Wildman–Crippen MR) is 114 cm³/mol. The third kappa shape index (κ3) is 5.68. The van der Waals surface area contributed by atoms with Gasteiger partial charge < -0.3 is 0 Å². The van der Waals surface area contributed by atoms with Crippen LogP contribution in [-0.4, -0.2) is 0 Å². The van der Waals surface area contributed by atoms with E-state index in [-0.39, 0.29) is 5.82 Å². The zero-order valence-corrected chi connectivity index (χ0v) is 17.8. The number of hydrogen-bond donors (Lipinski definition) is 0. The Labute approximate surface area is 167 Å². The molecule has 2 heteroatoms. The van der Waals surface area contributed by atoms with Crippen molar-refractivity contribution in [3.8, 4) is 0 Å². The molecule has 0 N–H and O–H groups in total. The Morgan fingerprint density at radius 1 is 0.962 bits per heavy atom. The van der Waals surface area contributed by atoms with Gasteiger partial charge in [-0.05, 0) is 95.8 Å². The summed E-state index contributed by atoms with van der Waals surface area (Å²) in [5.41, 5.74) is 0.956. The number of halogens is 2. The molecule has 0 bridgehead atoms. The van der Waals surface area contributed by atoms with Gasteiger partial charge in [-0.15, -0.1) is 0 Å². The monoisotopic (exact) mass is 420 g/mol. The standard InChI is InChI=1S/C24H34BrF/c1-2-18-7-12-21(13-8-18)22-14-9-19(10-15-22)5-3-4-6-20-11-16-23(25)24(26)17-20/h4,6,11,16-19,21-22H,2-3,5,7-10,12-15H2,1H3. The highest BCUT2D eigenvalue weighted by Crippen LogP contribution is 2.42. The van der Waals surface area contributed by atoms with Crippen LogP contribution in [0.5, 0.6) is 0 Å². The maximum absolute atomic E-state index is 13.5. The molecule has 0 heterocycles. The average Bonchev–Trinajstić information content (AvgIpc) is 2.68. The second-order valence-corrected chi connectivity index (χ2v) is 9.48. The Kier molecular flexibility index (Phi) is 7.78. The summed E-state index contributed by atoms with van der Waals surface area (Å²) in [6.07, 6.45) is 19.9. The van der Waals surface area contributed by atoms with E-state index in [1.54, 1.807) is 12.1 Å². The summed E-state index contributed by atoms with van der Waals surface area (Å²) in [6, 6.07) is 5.34. The van der Waals surface area contributed by atoms with E-state index in [0.717, 1.165) is 35.7 Å². The van der Waals surface area contributed by atoms with Crippen molar-refractivity contribution in [1.82, 2.24) is 0 Å². The van der Waals surface area contributed by atoms with Crippen LogP contribution in [0.2, 0.25) is 0 Å². The van der Waals surface area contributed by atoms with Crippen LogP contribution in [0.25, 0.3) is 6.08 Å². The van der Waals surface area contributed by atoms with Gasteiger partial charge in [-0.2, -0.15) is 0 Å². The van der Waals surface area contributed by atoms with Crippen molar-refractivity contribution in [2.75, 3.05) is 0 Å². The van der Waals surface area contributed by atoms with Crippen LogP contribution in [0, 0.1) is 29.5 Å². The molecule has 0 unspecified atom stereocenters. The third-order valence-electron chi connectivity index (χ3n) is 7.02. The molecule has 2 saturated carbocycles. The smallest absolute Gasteiger partial charge is 0.137 e. The Balaban J connectivity index is 1.35. The Bertz CT molecular complexity index is 578. The van der Waals surface area contributed by atoms with E-state index >= 15 is 0 Å². The van der Waals surface area contributed by atoms with Gasteiger partial charge in [0, 0.05) is 0 Å². The molecule has 1 aromatic carbocycles. The van der Waals surface area contributed by atoms with Gasteiger partial charge in [-0.1, -0.05) is 57.2 Å². The first kappa shape index (κ1) is 20.1. The lowest BCUT2D eigenvalue weighted by Gasteiger charge is -2.37. The van der Waals surface area contributed by atoms with E-state index < -0.39 is 0 Å². The zero-order chi connectivity index (χ0) is 18.4. The Hall–Kier alpha value is -0.630. The average molecular weight is 421 g/mol. The zero-order valence-electron chi connectivity index (χ0n) is 16.2. The van der Waals surface area contributed by atoms with E-state index in [2.05, 4.69) is 35.0 Å². The van der Waals surface area contributed by atoms with Crippen molar-refractivity contribution in [3.05, 3.63) is 40.1 Å². The molecule has 0 radical (unpaired) electrons. The summed E-state index contributed by atoms with van der Waals surface area (Å²) in [6.45, 7) is 2.36. The van der Waals surface area contributed by atoms with E-state index in [1.165, 1.54) is 64.2 Å². The molecule has 3 rings (SSSR count). The molecule has 0 nitrogen and oxygen atoms in total. The fourth-order valence-corrected chi connectivity index (χ4v) is 5.43. The van der Waals surface area contributed by atoms with Gasteiger partial charge in [0.2, 0.25) is 0 Å². The van der Waals surface area contributed by atoms with Crippen molar-refractivity contribution in [1.29, 1.82) is 0 Å². The molecule has 2 aliphatic carbocycles. The second kappa shape index (κ2) is 10.1. The fraction of sp³-hybridized carbons (Fsp3) is 0.667. The highest BCUT2D eigenvalue weighted by molar-refractivity contribution is 9.10. The van der Waals surface area contributed by atoms with Crippen LogP contribution < -0.4 is 0 Å². The van der Waals surface area contributed by atoms with Crippen LogP contribution in [0.4, 0.5) is 4.39 Å². The first-order chi connectivity index (χ1) is 12.7. The minimum Gasteiger partial charge on any atom is -0.206 e. The largest absolute Gasteiger partial charge is 0.206 e. The lowest BCUT2D eigenvalue weighted by molar-refractivity contribution is 0.143. The van der Waals surface area contributed by atoms with Crippen LogP contribution in [-0.2, 0) is 0 Å². The van der Waals surface area contributed by atoms with Gasteiger partial charge in [-0.3, -0.25) is 0 Å². The van der Waals surface area contributed by atoms with E-state index in [9.17, 15) is 4.39 Å². The molecule has 26 heavy (non-hydrogen) atoms. The molecule has 0 aromatic heterocycles. The lowest BCUT2D eigenvalue weighted by Crippen LogP contribution is -2.25. The minimum absolute atomic E-state index is 0.182. The lowest BCUT2D eigenvalue weighted by atomic mass is 9.68. The van der Waals surface area contributed by atoms with Gasteiger partial charge in [-0.25, -0.2) is 4.39 Å². The van der Waals surface area contributed by atoms with Gasteiger partial charge in [0.05, 0.1) is 4.47 Å². The summed E-state index contributed by atoms with van der Waals surface area (Å²) in [4.78, 5) is 0. The van der Waals surface area contributed by atoms with Crippen LogP contribution in [0.3, 0.4) is 0 Å². The van der Waals surface area contributed by atoms with Gasteiger partial charge in [0.15, 0.2) is 0 Å². The van der Waals surface area contributed by atoms with Crippen LogP contribution in [0.1, 0.15) is 83.1 Å². The molecule has 0 amide bonds. The van der Waals surface area contributed by atoms with E-state index in [4.69, 9.17) is 0 Å². The first-order valence-corrected chi connectivity index (χ1v) is 11.6. The number of allylic oxidation sites excluding steroid dienone is 1. The summed E-state index contributed by atoms with van der Waals surface area (Å²) in [7, 11) is 0. The SMILES string of the molecule is CCC1CCC(C2CCC(CCC=Cc3ccc(Br)c(F)c3)CC2)CC1. The fourth-order valence-electron chi connectivity index (χ4n) is 5.18. The normalized spacial score (nSPS) is 30.0. The molecule has 0 aliphatic heterocycles. The number of benzene rings is 1. The molecule has 1 aromatic rings. The highest BCUT2D eigenvalue weighted by Gasteiger charge is 2.30. The van der Waals surface area contributed by atoms with Crippen LogP contribution >= 0.6 is 15.9 Å². The topological polar surface area (TPSA) is 0 Å². The van der Waals surface area contributed by atoms with Crippen molar-refractivity contribution in [3.63, 3.8) is 0 Å². The summed E-state index contributed by atoms with van der Waals surface area (Å²) < 4.78 is 14.1. The number of hydrogen-bond acceptors (Lipinski definition) is 0. The maximum Gasteiger partial charge on any atom is 0.137 e. The van der Waals surface area contributed by atoms with Gasteiger partial charge >= 0.3 is 0 Å². The van der Waals surface area contributed by atoms with Crippen molar-refractivity contribution < 1.29 is 4.39 Å². The van der Waals surface area contributed by atoms with Crippen molar-refractivity contribution in [2.45, 2.75) is 77.6 Å². The molecule has 0 atom stereocenters. The van der Waals surface area contributed by atoms with E-state index in [0.29, 0.717) is 4.47 Å². The predicted octanol–water partition coefficient (Wildman–Crippen LogP) is 8.40. The molecule has 2 fully saturated rings. The first-order valence-electron chi connectivity index (χ1n) is 10.8. The Morgan fingerprint density at radius 3 is 2.15 bits per heavy atom. The van der Waals surface area contributed by atoms with Gasteiger partial charge in [0.25, 0.3) is 0 Å². The molecule has 2 aliphatic rings. The summed E-state index contributed by atoms with van der Waals surface area (Å²) in [5, 5.41) is 0. The molecular weight excluding hydrogens is 387 g/mol. The van der Waals surface area contributed by atoms with E-state index in [1.807, 2.05) is 6.07 Å². The molecule has 0 spiro atoms. The highest BCUT2D eigenvalue weighted by atomic mass is 79.9.